The first-order valence-electron chi connectivity index (χ1n) is 5.25. The van der Waals surface area contributed by atoms with Crippen molar-refractivity contribution in [2.45, 2.75) is 6.92 Å². The first-order valence-corrected chi connectivity index (χ1v) is 5.25. The van der Waals surface area contributed by atoms with E-state index in [1.54, 1.807) is 25.4 Å². The molecule has 1 unspecified atom stereocenters. The van der Waals surface area contributed by atoms with Gasteiger partial charge in [0.15, 0.2) is 0 Å². The van der Waals surface area contributed by atoms with Crippen LogP contribution in [0.4, 0.5) is 11.5 Å². The van der Waals surface area contributed by atoms with Gasteiger partial charge in [0.25, 0.3) is 0 Å². The van der Waals surface area contributed by atoms with Crippen LogP contribution in [0.1, 0.15) is 6.92 Å². The van der Waals surface area contributed by atoms with Crippen molar-refractivity contribution in [3.63, 3.8) is 0 Å². The molecule has 0 aromatic carbocycles. The van der Waals surface area contributed by atoms with Crippen LogP contribution < -0.4 is 16.0 Å². The summed E-state index contributed by atoms with van der Waals surface area (Å²) in [4.78, 5) is 16.8. The van der Waals surface area contributed by atoms with Gasteiger partial charge in [-0.25, -0.2) is 4.98 Å². The summed E-state index contributed by atoms with van der Waals surface area (Å²) in [5.41, 5.74) is 7.05. The van der Waals surface area contributed by atoms with E-state index in [2.05, 4.69) is 10.3 Å². The number of aliphatic carboxylic acids is 1. The standard InChI is InChI=1S/C11H14N4O2/c1-7(11(16)17)9-5-13-6-15(9)8-2-3-10(12)14-4-8/h2-5,7,13H,6H2,1H3,(H2,12,14)(H,16,17). The van der Waals surface area contributed by atoms with E-state index in [1.807, 2.05) is 11.0 Å². The Morgan fingerprint density at radius 2 is 2.41 bits per heavy atom. The molecule has 0 bridgehead atoms. The first kappa shape index (κ1) is 11.3. The Bertz CT molecular complexity index is 455. The summed E-state index contributed by atoms with van der Waals surface area (Å²) in [5.74, 6) is -0.978. The highest BCUT2D eigenvalue weighted by Gasteiger charge is 2.26. The fraction of sp³-hybridized carbons (Fsp3) is 0.273. The molecule has 17 heavy (non-hydrogen) atoms. The molecule has 1 aliphatic heterocycles. The van der Waals surface area contributed by atoms with Crippen molar-refractivity contribution in [2.24, 2.45) is 5.92 Å². The van der Waals surface area contributed by atoms with Gasteiger partial charge in [0.05, 0.1) is 24.5 Å². The van der Waals surface area contributed by atoms with E-state index in [4.69, 9.17) is 10.8 Å². The van der Waals surface area contributed by atoms with E-state index in [0.29, 0.717) is 18.2 Å². The van der Waals surface area contributed by atoms with E-state index in [-0.39, 0.29) is 0 Å². The zero-order chi connectivity index (χ0) is 12.4. The maximum atomic E-state index is 11.0. The van der Waals surface area contributed by atoms with E-state index >= 15 is 0 Å². The van der Waals surface area contributed by atoms with Crippen molar-refractivity contribution in [3.05, 3.63) is 30.2 Å². The molecular formula is C11H14N4O2. The van der Waals surface area contributed by atoms with E-state index < -0.39 is 11.9 Å². The van der Waals surface area contributed by atoms with Gasteiger partial charge in [-0.1, -0.05) is 0 Å². The lowest BCUT2D eigenvalue weighted by molar-refractivity contribution is -0.139. The number of nitrogens with two attached hydrogens (primary N) is 1. The molecule has 0 amide bonds. The second-order valence-electron chi connectivity index (χ2n) is 3.86. The van der Waals surface area contributed by atoms with Crippen LogP contribution in [-0.2, 0) is 4.79 Å². The number of anilines is 2. The predicted octanol–water partition coefficient (Wildman–Crippen LogP) is 0.593. The summed E-state index contributed by atoms with van der Waals surface area (Å²) in [6.45, 7) is 2.19. The Hall–Kier alpha value is -2.24. The zero-order valence-corrected chi connectivity index (χ0v) is 9.42. The third kappa shape index (κ3) is 2.15. The van der Waals surface area contributed by atoms with E-state index in [1.165, 1.54) is 0 Å². The fourth-order valence-electron chi connectivity index (χ4n) is 1.69. The molecule has 0 radical (unpaired) electrons. The number of carbonyl (C=O) groups is 1. The van der Waals surface area contributed by atoms with Crippen molar-refractivity contribution < 1.29 is 9.90 Å². The number of hydrogen-bond donors (Lipinski definition) is 3. The minimum atomic E-state index is -0.853. The van der Waals surface area contributed by atoms with Gasteiger partial charge in [-0.2, -0.15) is 0 Å². The molecule has 2 rings (SSSR count). The summed E-state index contributed by atoms with van der Waals surface area (Å²) < 4.78 is 0. The first-order chi connectivity index (χ1) is 8.09. The Kier molecular flexibility index (Phi) is 2.86. The summed E-state index contributed by atoms with van der Waals surface area (Å²) in [6, 6.07) is 3.51. The second-order valence-corrected chi connectivity index (χ2v) is 3.86. The van der Waals surface area contributed by atoms with Crippen LogP contribution in [0.25, 0.3) is 0 Å². The predicted molar refractivity (Wildman–Crippen MR) is 64.0 cm³/mol. The molecule has 0 spiro atoms. The third-order valence-electron chi connectivity index (χ3n) is 2.71. The van der Waals surface area contributed by atoms with Crippen LogP contribution in [0, 0.1) is 5.92 Å². The lowest BCUT2D eigenvalue weighted by atomic mass is 10.1. The fourth-order valence-corrected chi connectivity index (χ4v) is 1.69. The third-order valence-corrected chi connectivity index (χ3v) is 2.71. The highest BCUT2D eigenvalue weighted by molar-refractivity contribution is 5.75. The second kappa shape index (κ2) is 4.32. The van der Waals surface area contributed by atoms with Crippen LogP contribution in [0.3, 0.4) is 0 Å². The number of nitrogen functional groups attached to an aromatic ring is 1. The molecule has 1 atom stereocenters. The van der Waals surface area contributed by atoms with Crippen LogP contribution >= 0.6 is 0 Å². The number of carboxylic acid groups (broad SMARTS) is 1. The Morgan fingerprint density at radius 3 is 3.00 bits per heavy atom. The number of hydrogen-bond acceptors (Lipinski definition) is 5. The van der Waals surface area contributed by atoms with Crippen LogP contribution in [0.5, 0.6) is 0 Å². The molecule has 6 nitrogen and oxygen atoms in total. The van der Waals surface area contributed by atoms with Gasteiger partial charge in [0.2, 0.25) is 0 Å². The molecule has 0 saturated carbocycles. The van der Waals surface area contributed by atoms with Gasteiger partial charge in [-0.3, -0.25) is 4.79 Å². The van der Waals surface area contributed by atoms with Crippen LogP contribution in [0.15, 0.2) is 30.2 Å². The maximum Gasteiger partial charge on any atom is 0.312 e. The van der Waals surface area contributed by atoms with Crippen LogP contribution in [0.2, 0.25) is 0 Å². The molecule has 6 heteroatoms. The molecule has 0 saturated heterocycles. The van der Waals surface area contributed by atoms with Gasteiger partial charge in [-0.05, 0) is 19.1 Å². The van der Waals surface area contributed by atoms with Gasteiger partial charge in [-0.15, -0.1) is 0 Å². The largest absolute Gasteiger partial charge is 0.481 e. The highest BCUT2D eigenvalue weighted by atomic mass is 16.4. The van der Waals surface area contributed by atoms with Crippen molar-refractivity contribution in [3.8, 4) is 0 Å². The van der Waals surface area contributed by atoms with Crippen molar-refractivity contribution >= 4 is 17.5 Å². The molecule has 1 aromatic heterocycles. The van der Waals surface area contributed by atoms with Crippen LogP contribution in [-0.4, -0.2) is 22.7 Å². The average Bonchev–Trinajstić information content (AvgIpc) is 2.77. The van der Waals surface area contributed by atoms with Gasteiger partial charge >= 0.3 is 5.97 Å². The van der Waals surface area contributed by atoms with Gasteiger partial charge in [0, 0.05) is 11.9 Å². The van der Waals surface area contributed by atoms with Crippen molar-refractivity contribution in [1.29, 1.82) is 0 Å². The smallest absolute Gasteiger partial charge is 0.312 e. The van der Waals surface area contributed by atoms with Gasteiger partial charge < -0.3 is 21.1 Å². The Labute approximate surface area is 98.8 Å². The number of nitrogens with one attached hydrogen (secondary N) is 1. The number of rotatable bonds is 3. The number of aromatic nitrogens is 1. The maximum absolute atomic E-state index is 11.0. The topological polar surface area (TPSA) is 91.5 Å². The Balaban J connectivity index is 2.25. The highest BCUT2D eigenvalue weighted by Crippen LogP contribution is 2.25. The molecule has 1 aromatic rings. The molecule has 0 aliphatic carbocycles. The summed E-state index contributed by atoms with van der Waals surface area (Å²) in [5, 5.41) is 12.0. The number of pyridine rings is 1. The minimum absolute atomic E-state index is 0.442. The lowest BCUT2D eigenvalue weighted by Gasteiger charge is -2.23. The molecule has 0 fully saturated rings. The number of carboxylic acids is 1. The molecular weight excluding hydrogens is 220 g/mol. The molecule has 90 valence electrons. The minimum Gasteiger partial charge on any atom is -0.481 e. The Morgan fingerprint density at radius 1 is 1.65 bits per heavy atom. The summed E-state index contributed by atoms with van der Waals surface area (Å²) in [6.07, 6.45) is 3.35. The van der Waals surface area contributed by atoms with Crippen molar-refractivity contribution in [2.75, 3.05) is 17.3 Å². The zero-order valence-electron chi connectivity index (χ0n) is 9.42. The van der Waals surface area contributed by atoms with Gasteiger partial charge in [0.1, 0.15) is 5.82 Å². The average molecular weight is 234 g/mol. The lowest BCUT2D eigenvalue weighted by Crippen LogP contribution is -2.28. The summed E-state index contributed by atoms with van der Waals surface area (Å²) >= 11 is 0. The summed E-state index contributed by atoms with van der Waals surface area (Å²) in [7, 11) is 0. The van der Waals surface area contributed by atoms with E-state index in [9.17, 15) is 4.79 Å². The SMILES string of the molecule is CC(C(=O)O)C1=CNCN1c1ccc(N)nc1. The quantitative estimate of drug-likeness (QED) is 0.709. The normalized spacial score (nSPS) is 16.3. The molecule has 4 N–H and O–H groups in total. The molecule has 2 heterocycles. The van der Waals surface area contributed by atoms with Crippen molar-refractivity contribution in [1.82, 2.24) is 10.3 Å². The monoisotopic (exact) mass is 234 g/mol. The number of nitrogens with zero attached hydrogens (tertiary/aromatic N) is 2. The molecule has 1 aliphatic rings. The van der Waals surface area contributed by atoms with E-state index in [0.717, 1.165) is 5.69 Å².